The number of hydrogen-bond acceptors (Lipinski definition) is 3. The van der Waals surface area contributed by atoms with Crippen LogP contribution in [-0.2, 0) is 9.47 Å². The summed E-state index contributed by atoms with van der Waals surface area (Å²) in [6.07, 6.45) is 13.0. The summed E-state index contributed by atoms with van der Waals surface area (Å²) in [4.78, 5) is 0. The van der Waals surface area contributed by atoms with E-state index < -0.39 is 0 Å². The average molecular weight is 196 g/mol. The molecule has 0 rings (SSSR count). The fourth-order valence-electron chi connectivity index (χ4n) is 0.715. The normalized spacial score (nSPS) is 13.4. The molecule has 14 heavy (non-hydrogen) atoms. The van der Waals surface area contributed by atoms with Gasteiger partial charge in [0.15, 0.2) is 6.29 Å². The Bertz CT molecular complexity index is 223. The van der Waals surface area contributed by atoms with Gasteiger partial charge in [-0.3, -0.25) is 0 Å². The van der Waals surface area contributed by atoms with Gasteiger partial charge in [0.1, 0.15) is 0 Å². The summed E-state index contributed by atoms with van der Waals surface area (Å²) in [7, 11) is 3.16. The van der Waals surface area contributed by atoms with Gasteiger partial charge in [0.25, 0.3) is 0 Å². The zero-order chi connectivity index (χ0) is 10.6. The van der Waals surface area contributed by atoms with E-state index in [9.17, 15) is 0 Å². The highest BCUT2D eigenvalue weighted by Gasteiger charge is 1.94. The summed E-state index contributed by atoms with van der Waals surface area (Å²) in [6, 6.07) is 0. The van der Waals surface area contributed by atoms with Gasteiger partial charge in [0.05, 0.1) is 6.26 Å². The summed E-state index contributed by atoms with van der Waals surface area (Å²) in [5, 5.41) is 8.30. The van der Waals surface area contributed by atoms with Crippen LogP contribution in [0, 0.1) is 0 Å². The lowest BCUT2D eigenvalue weighted by Gasteiger charge is -2.05. The zero-order valence-corrected chi connectivity index (χ0v) is 8.46. The van der Waals surface area contributed by atoms with Crippen LogP contribution in [0.4, 0.5) is 0 Å². The van der Waals surface area contributed by atoms with E-state index in [0.29, 0.717) is 0 Å². The van der Waals surface area contributed by atoms with Crippen molar-refractivity contribution < 1.29 is 14.6 Å². The predicted molar refractivity (Wildman–Crippen MR) is 57.0 cm³/mol. The Labute approximate surface area is 84.7 Å². The van der Waals surface area contributed by atoms with Gasteiger partial charge < -0.3 is 14.6 Å². The van der Waals surface area contributed by atoms with Crippen molar-refractivity contribution in [2.24, 2.45) is 0 Å². The highest BCUT2D eigenvalue weighted by Crippen LogP contribution is 1.92. The minimum atomic E-state index is -0.305. The summed E-state index contributed by atoms with van der Waals surface area (Å²) in [6.45, 7) is 0. The molecule has 0 spiro atoms. The van der Waals surface area contributed by atoms with Crippen LogP contribution in [-0.4, -0.2) is 25.6 Å². The zero-order valence-electron chi connectivity index (χ0n) is 8.46. The van der Waals surface area contributed by atoms with Gasteiger partial charge in [-0.05, 0) is 12.2 Å². The molecule has 0 unspecified atom stereocenters. The molecule has 0 saturated heterocycles. The molecule has 3 heteroatoms. The Kier molecular flexibility index (Phi) is 8.84. The Morgan fingerprint density at radius 3 is 1.86 bits per heavy atom. The molecule has 3 nitrogen and oxygen atoms in total. The van der Waals surface area contributed by atoms with Gasteiger partial charge in [0.2, 0.25) is 0 Å². The fourth-order valence-corrected chi connectivity index (χ4v) is 0.715. The molecule has 0 aromatic carbocycles. The molecule has 0 atom stereocenters. The maximum Gasteiger partial charge on any atom is 0.176 e. The van der Waals surface area contributed by atoms with E-state index in [4.69, 9.17) is 14.6 Å². The molecular weight excluding hydrogens is 180 g/mol. The van der Waals surface area contributed by atoms with Crippen LogP contribution in [0.15, 0.2) is 48.8 Å². The lowest BCUT2D eigenvalue weighted by Crippen LogP contribution is -2.08. The first kappa shape index (κ1) is 12.7. The van der Waals surface area contributed by atoms with Crippen molar-refractivity contribution in [3.8, 4) is 0 Å². The van der Waals surface area contributed by atoms with E-state index in [1.165, 1.54) is 6.08 Å². The van der Waals surface area contributed by atoms with Gasteiger partial charge in [-0.15, -0.1) is 0 Å². The second-order valence-electron chi connectivity index (χ2n) is 2.34. The molecule has 0 aliphatic rings. The monoisotopic (exact) mass is 196 g/mol. The number of allylic oxidation sites excluding steroid dienone is 6. The molecule has 0 radical (unpaired) electrons. The second-order valence-corrected chi connectivity index (χ2v) is 2.34. The van der Waals surface area contributed by atoms with Crippen LogP contribution in [0.3, 0.4) is 0 Å². The van der Waals surface area contributed by atoms with Crippen LogP contribution < -0.4 is 0 Å². The van der Waals surface area contributed by atoms with Crippen molar-refractivity contribution >= 4 is 0 Å². The third-order valence-electron chi connectivity index (χ3n) is 1.37. The molecule has 0 bridgehead atoms. The van der Waals surface area contributed by atoms with Crippen molar-refractivity contribution in [3.63, 3.8) is 0 Å². The van der Waals surface area contributed by atoms with Crippen LogP contribution in [0.2, 0.25) is 0 Å². The van der Waals surface area contributed by atoms with Crippen molar-refractivity contribution in [3.05, 3.63) is 48.8 Å². The van der Waals surface area contributed by atoms with Gasteiger partial charge in [-0.25, -0.2) is 0 Å². The van der Waals surface area contributed by atoms with Crippen molar-refractivity contribution in [2.45, 2.75) is 6.29 Å². The molecule has 0 aliphatic heterocycles. The molecular formula is C11H16O3. The maximum absolute atomic E-state index is 8.30. The van der Waals surface area contributed by atoms with Crippen LogP contribution in [0.25, 0.3) is 0 Å². The van der Waals surface area contributed by atoms with E-state index >= 15 is 0 Å². The maximum atomic E-state index is 8.30. The van der Waals surface area contributed by atoms with E-state index in [-0.39, 0.29) is 6.29 Å². The largest absolute Gasteiger partial charge is 0.516 e. The molecule has 1 N–H and O–H groups in total. The molecule has 0 aromatic heterocycles. The van der Waals surface area contributed by atoms with Crippen LogP contribution >= 0.6 is 0 Å². The summed E-state index contributed by atoms with van der Waals surface area (Å²) >= 11 is 0. The SMILES string of the molecule is COC(C=CC=CC=CC=CO)OC. The lowest BCUT2D eigenvalue weighted by atomic mass is 10.4. The molecule has 0 aromatic rings. The van der Waals surface area contributed by atoms with E-state index in [2.05, 4.69) is 0 Å². The predicted octanol–water partition coefficient (Wildman–Crippen LogP) is 2.35. The molecule has 78 valence electrons. The molecule has 0 aliphatic carbocycles. The van der Waals surface area contributed by atoms with Gasteiger partial charge in [0, 0.05) is 14.2 Å². The Balaban J connectivity index is 3.79. The number of aliphatic hydroxyl groups is 1. The quantitative estimate of drug-likeness (QED) is 0.402. The van der Waals surface area contributed by atoms with Crippen LogP contribution in [0.1, 0.15) is 0 Å². The Hall–Kier alpha value is -1.32. The van der Waals surface area contributed by atoms with E-state index in [1.54, 1.807) is 32.4 Å². The third-order valence-corrected chi connectivity index (χ3v) is 1.37. The molecule has 0 heterocycles. The first-order chi connectivity index (χ1) is 6.85. The highest BCUT2D eigenvalue weighted by molar-refractivity contribution is 5.14. The summed E-state index contributed by atoms with van der Waals surface area (Å²) in [5.41, 5.74) is 0. The number of methoxy groups -OCH3 is 2. The number of ether oxygens (including phenoxy) is 2. The first-order valence-corrected chi connectivity index (χ1v) is 4.21. The average Bonchev–Trinajstić information content (AvgIpc) is 2.22. The molecule has 0 saturated carbocycles. The first-order valence-electron chi connectivity index (χ1n) is 4.21. The van der Waals surface area contributed by atoms with E-state index in [0.717, 1.165) is 6.26 Å². The van der Waals surface area contributed by atoms with Crippen molar-refractivity contribution in [2.75, 3.05) is 14.2 Å². The number of rotatable bonds is 6. The third kappa shape index (κ3) is 7.34. The number of aliphatic hydroxyl groups excluding tert-OH is 1. The van der Waals surface area contributed by atoms with Gasteiger partial charge >= 0.3 is 0 Å². The molecule has 0 amide bonds. The summed E-state index contributed by atoms with van der Waals surface area (Å²) in [5.74, 6) is 0. The van der Waals surface area contributed by atoms with Gasteiger partial charge in [-0.2, -0.15) is 0 Å². The highest BCUT2D eigenvalue weighted by atomic mass is 16.7. The summed E-state index contributed by atoms with van der Waals surface area (Å²) < 4.78 is 9.88. The molecule has 0 fully saturated rings. The van der Waals surface area contributed by atoms with E-state index in [1.807, 2.05) is 18.2 Å². The Morgan fingerprint density at radius 1 is 0.857 bits per heavy atom. The van der Waals surface area contributed by atoms with Crippen molar-refractivity contribution in [1.29, 1.82) is 0 Å². The Morgan fingerprint density at radius 2 is 1.36 bits per heavy atom. The number of hydrogen-bond donors (Lipinski definition) is 1. The second kappa shape index (κ2) is 9.77. The standard InChI is InChI=1S/C11H16O3/c1-13-11(14-2)9-7-5-3-4-6-8-10-12/h3-12H,1-2H3. The minimum Gasteiger partial charge on any atom is -0.516 e. The topological polar surface area (TPSA) is 38.7 Å². The smallest absolute Gasteiger partial charge is 0.176 e. The van der Waals surface area contributed by atoms with Gasteiger partial charge in [-0.1, -0.05) is 30.4 Å². The van der Waals surface area contributed by atoms with Crippen molar-refractivity contribution in [1.82, 2.24) is 0 Å². The minimum absolute atomic E-state index is 0.305. The lowest BCUT2D eigenvalue weighted by molar-refractivity contribution is -0.0666. The van der Waals surface area contributed by atoms with Crippen LogP contribution in [0.5, 0.6) is 0 Å². The fraction of sp³-hybridized carbons (Fsp3) is 0.273.